The Labute approximate surface area is 114 Å². The Balaban J connectivity index is 2.60. The SMILES string of the molecule is CC(C)(C)CC(N)C(=O)NC1(C#N)CCSCC1. The summed E-state index contributed by atoms with van der Waals surface area (Å²) in [4.78, 5) is 12.1. The number of thioether (sulfide) groups is 1. The third-order valence-electron chi connectivity index (χ3n) is 3.09. The summed E-state index contributed by atoms with van der Waals surface area (Å²) < 4.78 is 0. The van der Waals surface area contributed by atoms with Crippen LogP contribution in [-0.4, -0.2) is 29.0 Å². The van der Waals surface area contributed by atoms with Gasteiger partial charge >= 0.3 is 0 Å². The summed E-state index contributed by atoms with van der Waals surface area (Å²) in [7, 11) is 0. The normalized spacial score (nSPS) is 20.8. The standard InChI is InChI=1S/C13H23N3OS/c1-12(2,3)8-10(15)11(17)16-13(9-14)4-6-18-7-5-13/h10H,4-8,15H2,1-3H3,(H,16,17). The first kappa shape index (κ1) is 15.3. The molecule has 0 aromatic carbocycles. The van der Waals surface area contributed by atoms with Crippen LogP contribution in [0, 0.1) is 16.7 Å². The van der Waals surface area contributed by atoms with Crippen molar-refractivity contribution >= 4 is 17.7 Å². The predicted octanol–water partition coefficient (Wildman–Crippen LogP) is 1.66. The van der Waals surface area contributed by atoms with Crippen LogP contribution in [0.4, 0.5) is 0 Å². The second-order valence-corrected chi connectivity index (χ2v) is 7.39. The van der Waals surface area contributed by atoms with E-state index in [1.54, 1.807) is 0 Å². The smallest absolute Gasteiger partial charge is 0.238 e. The molecule has 1 aliphatic heterocycles. The van der Waals surface area contributed by atoms with Crippen LogP contribution in [0.5, 0.6) is 0 Å². The Morgan fingerprint density at radius 3 is 2.50 bits per heavy atom. The number of nitriles is 1. The molecule has 0 radical (unpaired) electrons. The molecule has 5 heteroatoms. The van der Waals surface area contributed by atoms with Crippen LogP contribution in [0.2, 0.25) is 0 Å². The lowest BCUT2D eigenvalue weighted by atomic mass is 9.87. The molecule has 1 amide bonds. The topological polar surface area (TPSA) is 78.9 Å². The average Bonchev–Trinajstić information content (AvgIpc) is 2.28. The first-order valence-electron chi connectivity index (χ1n) is 6.35. The molecule has 1 saturated heterocycles. The number of carbonyl (C=O) groups excluding carboxylic acids is 1. The molecular weight excluding hydrogens is 246 g/mol. The van der Waals surface area contributed by atoms with Crippen molar-refractivity contribution in [3.63, 3.8) is 0 Å². The Morgan fingerprint density at radius 1 is 1.50 bits per heavy atom. The van der Waals surface area contributed by atoms with E-state index in [-0.39, 0.29) is 11.3 Å². The molecule has 0 aromatic heterocycles. The first-order chi connectivity index (χ1) is 8.28. The van der Waals surface area contributed by atoms with Crippen LogP contribution in [0.25, 0.3) is 0 Å². The Kier molecular flexibility index (Phi) is 5.06. The second-order valence-electron chi connectivity index (χ2n) is 6.17. The summed E-state index contributed by atoms with van der Waals surface area (Å²) >= 11 is 1.82. The minimum Gasteiger partial charge on any atom is -0.336 e. The van der Waals surface area contributed by atoms with Crippen molar-refractivity contribution in [1.82, 2.24) is 5.32 Å². The number of amides is 1. The van der Waals surface area contributed by atoms with Crippen LogP contribution in [-0.2, 0) is 4.79 Å². The fourth-order valence-electron chi connectivity index (χ4n) is 2.07. The van der Waals surface area contributed by atoms with Crippen molar-refractivity contribution in [2.45, 2.75) is 51.6 Å². The summed E-state index contributed by atoms with van der Waals surface area (Å²) in [6.45, 7) is 6.16. The Morgan fingerprint density at radius 2 is 2.06 bits per heavy atom. The van der Waals surface area contributed by atoms with Crippen LogP contribution in [0.15, 0.2) is 0 Å². The van der Waals surface area contributed by atoms with Crippen LogP contribution in [0.3, 0.4) is 0 Å². The molecule has 0 aromatic rings. The largest absolute Gasteiger partial charge is 0.336 e. The maximum absolute atomic E-state index is 12.1. The predicted molar refractivity (Wildman–Crippen MR) is 75.1 cm³/mol. The van der Waals surface area contributed by atoms with Gasteiger partial charge in [-0.05, 0) is 36.2 Å². The van der Waals surface area contributed by atoms with Gasteiger partial charge in [-0.1, -0.05) is 20.8 Å². The molecule has 0 spiro atoms. The molecule has 0 bridgehead atoms. The quantitative estimate of drug-likeness (QED) is 0.816. The molecule has 1 fully saturated rings. The van der Waals surface area contributed by atoms with E-state index in [0.717, 1.165) is 11.5 Å². The highest BCUT2D eigenvalue weighted by atomic mass is 32.2. The van der Waals surface area contributed by atoms with E-state index in [2.05, 4.69) is 32.2 Å². The molecule has 0 aliphatic carbocycles. The number of nitrogens with one attached hydrogen (secondary N) is 1. The molecule has 4 nitrogen and oxygen atoms in total. The van der Waals surface area contributed by atoms with Gasteiger partial charge in [-0.3, -0.25) is 4.79 Å². The maximum Gasteiger partial charge on any atom is 0.238 e. The van der Waals surface area contributed by atoms with E-state index in [0.29, 0.717) is 19.3 Å². The van der Waals surface area contributed by atoms with E-state index in [1.165, 1.54) is 0 Å². The zero-order valence-electron chi connectivity index (χ0n) is 11.5. The fraction of sp³-hybridized carbons (Fsp3) is 0.846. The number of hydrogen-bond acceptors (Lipinski definition) is 4. The van der Waals surface area contributed by atoms with Gasteiger partial charge in [0, 0.05) is 0 Å². The van der Waals surface area contributed by atoms with E-state index >= 15 is 0 Å². The lowest BCUT2D eigenvalue weighted by molar-refractivity contribution is -0.124. The zero-order valence-corrected chi connectivity index (χ0v) is 12.3. The lowest BCUT2D eigenvalue weighted by Crippen LogP contribution is -2.55. The van der Waals surface area contributed by atoms with Crippen molar-refractivity contribution in [2.75, 3.05) is 11.5 Å². The van der Waals surface area contributed by atoms with Crippen molar-refractivity contribution in [3.8, 4) is 6.07 Å². The van der Waals surface area contributed by atoms with Crippen molar-refractivity contribution in [2.24, 2.45) is 11.1 Å². The third kappa shape index (κ3) is 4.51. The summed E-state index contributed by atoms with van der Waals surface area (Å²) in [5.74, 6) is 1.64. The molecule has 102 valence electrons. The van der Waals surface area contributed by atoms with Crippen LogP contribution >= 0.6 is 11.8 Å². The molecule has 1 unspecified atom stereocenters. The van der Waals surface area contributed by atoms with Gasteiger partial charge in [-0.15, -0.1) is 0 Å². The van der Waals surface area contributed by atoms with Crippen molar-refractivity contribution in [1.29, 1.82) is 5.26 Å². The van der Waals surface area contributed by atoms with Gasteiger partial charge in [-0.2, -0.15) is 17.0 Å². The molecule has 0 saturated carbocycles. The third-order valence-corrected chi connectivity index (χ3v) is 4.08. The van der Waals surface area contributed by atoms with Gasteiger partial charge in [0.25, 0.3) is 0 Å². The minimum atomic E-state index is -0.697. The molecule has 18 heavy (non-hydrogen) atoms. The summed E-state index contributed by atoms with van der Waals surface area (Å²) in [6, 6.07) is 1.73. The Hall–Kier alpha value is -0.730. The fourth-order valence-corrected chi connectivity index (χ4v) is 3.26. The highest BCUT2D eigenvalue weighted by molar-refractivity contribution is 7.99. The molecule has 3 N–H and O–H groups in total. The summed E-state index contributed by atoms with van der Waals surface area (Å²) in [5, 5.41) is 12.2. The number of nitrogens with zero attached hydrogens (tertiary/aromatic N) is 1. The van der Waals surface area contributed by atoms with E-state index in [4.69, 9.17) is 5.73 Å². The molecule has 1 rings (SSSR count). The molecule has 1 heterocycles. The van der Waals surface area contributed by atoms with E-state index in [1.807, 2.05) is 11.8 Å². The van der Waals surface area contributed by atoms with Gasteiger partial charge in [0.05, 0.1) is 12.1 Å². The van der Waals surface area contributed by atoms with Crippen molar-refractivity contribution < 1.29 is 4.79 Å². The monoisotopic (exact) mass is 269 g/mol. The van der Waals surface area contributed by atoms with Gasteiger partial charge in [-0.25, -0.2) is 0 Å². The summed E-state index contributed by atoms with van der Waals surface area (Å²) in [6.07, 6.45) is 2.04. The lowest BCUT2D eigenvalue weighted by Gasteiger charge is -2.33. The van der Waals surface area contributed by atoms with Crippen LogP contribution < -0.4 is 11.1 Å². The molecular formula is C13H23N3OS. The van der Waals surface area contributed by atoms with E-state index in [9.17, 15) is 10.1 Å². The Bertz CT molecular complexity index is 337. The van der Waals surface area contributed by atoms with Gasteiger partial charge in [0.2, 0.25) is 5.91 Å². The second kappa shape index (κ2) is 5.94. The number of hydrogen-bond donors (Lipinski definition) is 2. The van der Waals surface area contributed by atoms with Gasteiger partial charge < -0.3 is 11.1 Å². The highest BCUT2D eigenvalue weighted by Crippen LogP contribution is 2.27. The van der Waals surface area contributed by atoms with Gasteiger partial charge in [0.15, 0.2) is 0 Å². The summed E-state index contributed by atoms with van der Waals surface area (Å²) in [5.41, 5.74) is 5.22. The first-order valence-corrected chi connectivity index (χ1v) is 7.50. The number of rotatable bonds is 3. The minimum absolute atomic E-state index is 0.0129. The van der Waals surface area contributed by atoms with Crippen LogP contribution in [0.1, 0.15) is 40.0 Å². The number of nitrogens with two attached hydrogens (primary N) is 1. The maximum atomic E-state index is 12.1. The average molecular weight is 269 g/mol. The highest BCUT2D eigenvalue weighted by Gasteiger charge is 2.35. The van der Waals surface area contributed by atoms with E-state index < -0.39 is 11.6 Å². The molecule has 1 aliphatic rings. The molecule has 1 atom stereocenters. The zero-order chi connectivity index (χ0) is 13.8. The van der Waals surface area contributed by atoms with Crippen molar-refractivity contribution in [3.05, 3.63) is 0 Å². The van der Waals surface area contributed by atoms with Gasteiger partial charge in [0.1, 0.15) is 5.54 Å². The number of carbonyl (C=O) groups is 1.